The molecule has 0 spiro atoms. The van der Waals surface area contributed by atoms with Gasteiger partial charge in [0.2, 0.25) is 5.91 Å². The molecular formula is C16H18F3NO2. The molecule has 0 radical (unpaired) electrons. The number of carbonyl (C=O) groups excluding carboxylic acids is 1. The molecule has 120 valence electrons. The molecule has 2 aliphatic rings. The highest BCUT2D eigenvalue weighted by Crippen LogP contribution is 2.52. The van der Waals surface area contributed by atoms with Crippen LogP contribution in [-0.4, -0.2) is 36.2 Å². The smallest absolute Gasteiger partial charge is 0.411 e. The van der Waals surface area contributed by atoms with Crippen molar-refractivity contribution in [3.63, 3.8) is 0 Å². The standard InChI is InChI=1S/C16H18F3NO2/c1-22-13-5-3-11(4-6-13)12-9-14(21)20-8-2-7-15(20,10-12)16(17,18)19/h3-6,12H,2,7-10H2,1H3/t12-,15-/m1/s1. The van der Waals surface area contributed by atoms with Crippen molar-refractivity contribution >= 4 is 5.91 Å². The lowest BCUT2D eigenvalue weighted by Gasteiger charge is -2.46. The van der Waals surface area contributed by atoms with Gasteiger partial charge >= 0.3 is 6.18 Å². The van der Waals surface area contributed by atoms with Crippen LogP contribution < -0.4 is 4.74 Å². The third-order valence-electron chi connectivity index (χ3n) is 4.91. The van der Waals surface area contributed by atoms with Crippen molar-refractivity contribution in [2.75, 3.05) is 13.7 Å². The van der Waals surface area contributed by atoms with E-state index < -0.39 is 17.6 Å². The SMILES string of the molecule is COc1ccc([C@@H]2CC(=O)N3CCC[C@]3(C(F)(F)F)C2)cc1. The Labute approximate surface area is 127 Å². The van der Waals surface area contributed by atoms with Gasteiger partial charge in [-0.3, -0.25) is 4.79 Å². The van der Waals surface area contributed by atoms with E-state index in [1.165, 1.54) is 7.11 Å². The summed E-state index contributed by atoms with van der Waals surface area (Å²) in [7, 11) is 1.54. The van der Waals surface area contributed by atoms with Gasteiger partial charge in [0.05, 0.1) is 7.11 Å². The number of carbonyl (C=O) groups is 1. The fraction of sp³-hybridized carbons (Fsp3) is 0.562. The van der Waals surface area contributed by atoms with Crippen molar-refractivity contribution in [2.45, 2.75) is 43.3 Å². The second-order valence-corrected chi connectivity index (χ2v) is 6.06. The zero-order valence-electron chi connectivity index (χ0n) is 12.3. The number of methoxy groups -OCH3 is 1. The zero-order chi connectivity index (χ0) is 16.0. The van der Waals surface area contributed by atoms with Crippen LogP contribution in [0.15, 0.2) is 24.3 Å². The first-order valence-corrected chi connectivity index (χ1v) is 7.38. The lowest BCUT2D eigenvalue weighted by atomic mass is 9.76. The van der Waals surface area contributed by atoms with Crippen molar-refractivity contribution < 1.29 is 22.7 Å². The molecule has 2 fully saturated rings. The maximum Gasteiger partial charge on any atom is 0.411 e. The number of nitrogens with zero attached hydrogens (tertiary/aromatic N) is 1. The number of alkyl halides is 3. The molecule has 1 aromatic rings. The molecule has 2 heterocycles. The maximum absolute atomic E-state index is 13.7. The molecule has 0 aliphatic carbocycles. The lowest BCUT2D eigenvalue weighted by Crippen LogP contribution is -2.60. The van der Waals surface area contributed by atoms with E-state index in [2.05, 4.69) is 0 Å². The monoisotopic (exact) mass is 313 g/mol. The molecule has 0 bridgehead atoms. The summed E-state index contributed by atoms with van der Waals surface area (Å²) >= 11 is 0. The molecule has 6 heteroatoms. The van der Waals surface area contributed by atoms with Gasteiger partial charge in [0.15, 0.2) is 0 Å². The normalized spacial score (nSPS) is 28.6. The quantitative estimate of drug-likeness (QED) is 0.836. The van der Waals surface area contributed by atoms with Crippen LogP contribution in [0.25, 0.3) is 0 Å². The average molecular weight is 313 g/mol. The molecule has 0 N–H and O–H groups in total. The van der Waals surface area contributed by atoms with Crippen LogP contribution in [-0.2, 0) is 4.79 Å². The lowest BCUT2D eigenvalue weighted by molar-refractivity contribution is -0.232. The topological polar surface area (TPSA) is 29.5 Å². The molecule has 0 aromatic heterocycles. The first-order chi connectivity index (χ1) is 10.4. The molecule has 1 amide bonds. The molecule has 3 nitrogen and oxygen atoms in total. The van der Waals surface area contributed by atoms with Crippen molar-refractivity contribution in [2.24, 2.45) is 0 Å². The van der Waals surface area contributed by atoms with Gasteiger partial charge in [0, 0.05) is 13.0 Å². The third kappa shape index (κ3) is 2.25. The minimum Gasteiger partial charge on any atom is -0.497 e. The third-order valence-corrected chi connectivity index (χ3v) is 4.91. The molecular weight excluding hydrogens is 295 g/mol. The van der Waals surface area contributed by atoms with Gasteiger partial charge in [-0.25, -0.2) is 0 Å². The number of piperidine rings is 1. The first-order valence-electron chi connectivity index (χ1n) is 7.38. The Morgan fingerprint density at radius 1 is 1.27 bits per heavy atom. The van der Waals surface area contributed by atoms with Gasteiger partial charge < -0.3 is 9.64 Å². The van der Waals surface area contributed by atoms with Crippen molar-refractivity contribution in [3.05, 3.63) is 29.8 Å². The molecule has 2 saturated heterocycles. The fourth-order valence-electron chi connectivity index (χ4n) is 3.78. The molecule has 0 saturated carbocycles. The van der Waals surface area contributed by atoms with E-state index in [0.717, 1.165) is 10.5 Å². The number of rotatable bonds is 2. The summed E-state index contributed by atoms with van der Waals surface area (Å²) in [6.07, 6.45) is -3.86. The number of halogens is 3. The van der Waals surface area contributed by atoms with Crippen molar-refractivity contribution in [3.8, 4) is 5.75 Å². The van der Waals surface area contributed by atoms with E-state index in [1.54, 1.807) is 24.3 Å². The van der Waals surface area contributed by atoms with E-state index in [9.17, 15) is 18.0 Å². The van der Waals surface area contributed by atoms with Crippen LogP contribution in [0.5, 0.6) is 5.75 Å². The number of hydrogen-bond acceptors (Lipinski definition) is 2. The van der Waals surface area contributed by atoms with Crippen molar-refractivity contribution in [1.82, 2.24) is 4.90 Å². The average Bonchev–Trinajstić information content (AvgIpc) is 2.93. The van der Waals surface area contributed by atoms with E-state index in [0.29, 0.717) is 12.2 Å². The van der Waals surface area contributed by atoms with Gasteiger partial charge in [-0.1, -0.05) is 12.1 Å². The minimum atomic E-state index is -4.38. The van der Waals surface area contributed by atoms with Crippen molar-refractivity contribution in [1.29, 1.82) is 0 Å². The highest BCUT2D eigenvalue weighted by atomic mass is 19.4. The number of fused-ring (bicyclic) bond motifs is 1. The number of benzene rings is 1. The van der Waals surface area contributed by atoms with Gasteiger partial charge in [-0.15, -0.1) is 0 Å². The minimum absolute atomic E-state index is 0.00882. The Morgan fingerprint density at radius 2 is 1.95 bits per heavy atom. The summed E-state index contributed by atoms with van der Waals surface area (Å²) in [5.41, 5.74) is -1.21. The Hall–Kier alpha value is -1.72. The highest BCUT2D eigenvalue weighted by Gasteiger charge is 2.64. The van der Waals surface area contributed by atoms with Gasteiger partial charge in [-0.2, -0.15) is 13.2 Å². The second-order valence-electron chi connectivity index (χ2n) is 6.06. The summed E-state index contributed by atoms with van der Waals surface area (Å²) in [5, 5.41) is 0. The van der Waals surface area contributed by atoms with Crippen LogP contribution >= 0.6 is 0 Å². The molecule has 2 atom stereocenters. The number of ether oxygens (including phenoxy) is 1. The fourth-order valence-corrected chi connectivity index (χ4v) is 3.78. The largest absolute Gasteiger partial charge is 0.497 e. The summed E-state index contributed by atoms with van der Waals surface area (Å²) in [5.74, 6) is -0.129. The maximum atomic E-state index is 13.7. The zero-order valence-corrected chi connectivity index (χ0v) is 12.3. The van der Waals surface area contributed by atoms with E-state index in [-0.39, 0.29) is 31.7 Å². The highest BCUT2D eigenvalue weighted by molar-refractivity contribution is 5.80. The van der Waals surface area contributed by atoms with E-state index in [1.807, 2.05) is 0 Å². The summed E-state index contributed by atoms with van der Waals surface area (Å²) in [4.78, 5) is 13.3. The molecule has 22 heavy (non-hydrogen) atoms. The molecule has 2 aliphatic heterocycles. The predicted molar refractivity (Wildman–Crippen MR) is 74.7 cm³/mol. The first kappa shape index (κ1) is 15.2. The van der Waals surface area contributed by atoms with E-state index in [4.69, 9.17) is 4.74 Å². The van der Waals surface area contributed by atoms with Gasteiger partial charge in [0.25, 0.3) is 0 Å². The predicted octanol–water partition coefficient (Wildman–Crippen LogP) is 3.50. The van der Waals surface area contributed by atoms with Gasteiger partial charge in [0.1, 0.15) is 11.3 Å². The van der Waals surface area contributed by atoms with Crippen LogP contribution in [0.4, 0.5) is 13.2 Å². The van der Waals surface area contributed by atoms with Crippen LogP contribution in [0.3, 0.4) is 0 Å². The van der Waals surface area contributed by atoms with Crippen LogP contribution in [0.1, 0.15) is 37.2 Å². The van der Waals surface area contributed by atoms with Crippen LogP contribution in [0.2, 0.25) is 0 Å². The summed E-state index contributed by atoms with van der Waals surface area (Å²) in [6.45, 7) is 0.216. The van der Waals surface area contributed by atoms with Gasteiger partial charge in [-0.05, 0) is 42.9 Å². The van der Waals surface area contributed by atoms with Crippen LogP contribution in [0, 0.1) is 0 Å². The Kier molecular flexibility index (Phi) is 3.57. The molecule has 3 rings (SSSR count). The number of amides is 1. The number of hydrogen-bond donors (Lipinski definition) is 0. The molecule has 1 aromatic carbocycles. The summed E-state index contributed by atoms with van der Waals surface area (Å²) < 4.78 is 46.0. The Bertz CT molecular complexity index is 570. The van der Waals surface area contributed by atoms with E-state index >= 15 is 0 Å². The summed E-state index contributed by atoms with van der Waals surface area (Å²) in [6, 6.07) is 6.96. The Morgan fingerprint density at radius 3 is 2.55 bits per heavy atom. The Balaban J connectivity index is 1.93. The molecule has 0 unspecified atom stereocenters. The second kappa shape index (κ2) is 5.18.